The van der Waals surface area contributed by atoms with Crippen molar-refractivity contribution in [2.45, 2.75) is 40.0 Å². The highest BCUT2D eigenvalue weighted by molar-refractivity contribution is 7.17. The van der Waals surface area contributed by atoms with Gasteiger partial charge < -0.3 is 15.8 Å². The van der Waals surface area contributed by atoms with Crippen LogP contribution in [0, 0.1) is 11.3 Å². The Kier molecular flexibility index (Phi) is 6.13. The largest absolute Gasteiger partial charge is 0.497 e. The highest BCUT2D eigenvalue weighted by Crippen LogP contribution is 2.44. The van der Waals surface area contributed by atoms with Crippen molar-refractivity contribution < 1.29 is 14.3 Å². The Morgan fingerprint density at radius 3 is 2.52 bits per heavy atom. The van der Waals surface area contributed by atoms with Gasteiger partial charge in [-0.05, 0) is 59.9 Å². The summed E-state index contributed by atoms with van der Waals surface area (Å²) in [6, 6.07) is 7.41. The van der Waals surface area contributed by atoms with E-state index in [1.165, 1.54) is 22.3 Å². The third-order valence-electron chi connectivity index (χ3n) is 5.52. The van der Waals surface area contributed by atoms with Crippen molar-refractivity contribution in [2.75, 3.05) is 12.4 Å². The molecule has 3 rings (SSSR count). The van der Waals surface area contributed by atoms with E-state index in [1.54, 1.807) is 13.2 Å². The zero-order valence-corrected chi connectivity index (χ0v) is 18.2. The highest BCUT2D eigenvalue weighted by atomic mass is 32.1. The summed E-state index contributed by atoms with van der Waals surface area (Å²) in [6.45, 7) is 6.74. The number of primary amides is 1. The van der Waals surface area contributed by atoms with E-state index in [0.29, 0.717) is 16.5 Å². The summed E-state index contributed by atoms with van der Waals surface area (Å²) in [6.07, 6.45) is 5.95. The molecule has 1 aromatic heterocycles. The van der Waals surface area contributed by atoms with Crippen LogP contribution in [0.25, 0.3) is 6.08 Å². The van der Waals surface area contributed by atoms with E-state index in [0.717, 1.165) is 36.1 Å². The Balaban J connectivity index is 1.78. The molecule has 0 spiro atoms. The second-order valence-corrected chi connectivity index (χ2v) is 9.58. The Labute approximate surface area is 176 Å². The van der Waals surface area contributed by atoms with Crippen molar-refractivity contribution in [3.05, 3.63) is 51.9 Å². The molecule has 29 heavy (non-hydrogen) atoms. The molecule has 2 amide bonds. The van der Waals surface area contributed by atoms with E-state index in [2.05, 4.69) is 26.1 Å². The molecule has 0 fully saturated rings. The molecular formula is C23H28N2O3S. The van der Waals surface area contributed by atoms with Gasteiger partial charge in [-0.15, -0.1) is 11.3 Å². The van der Waals surface area contributed by atoms with Crippen LogP contribution in [0.1, 0.15) is 53.6 Å². The van der Waals surface area contributed by atoms with Crippen LogP contribution in [0.5, 0.6) is 5.75 Å². The Morgan fingerprint density at radius 2 is 1.93 bits per heavy atom. The lowest BCUT2D eigenvalue weighted by molar-refractivity contribution is -0.111. The lowest BCUT2D eigenvalue weighted by Crippen LogP contribution is -2.27. The molecule has 154 valence electrons. The van der Waals surface area contributed by atoms with Gasteiger partial charge >= 0.3 is 0 Å². The molecule has 6 heteroatoms. The standard InChI is InChI=1S/C23H28N2O3S/c1-23(2,3)15-8-11-17-18(13-15)29-22(20(17)21(24)27)25-19(26)12-7-14-5-9-16(28-4)10-6-14/h5-7,9-10,12,15H,8,11,13H2,1-4H3,(H2,24,27)(H,25,26)/b12-7+. The zero-order valence-electron chi connectivity index (χ0n) is 17.4. The molecule has 0 bridgehead atoms. The molecule has 1 unspecified atom stereocenters. The summed E-state index contributed by atoms with van der Waals surface area (Å²) in [5.74, 6) is 0.545. The molecule has 2 aromatic rings. The highest BCUT2D eigenvalue weighted by Gasteiger charge is 2.33. The topological polar surface area (TPSA) is 81.4 Å². The predicted octanol–water partition coefficient (Wildman–Crippen LogP) is 4.66. The number of thiophene rings is 1. The first-order chi connectivity index (χ1) is 13.7. The molecule has 0 saturated carbocycles. The fourth-order valence-electron chi connectivity index (χ4n) is 3.71. The van der Waals surface area contributed by atoms with Crippen LogP contribution in [0.2, 0.25) is 0 Å². The summed E-state index contributed by atoms with van der Waals surface area (Å²) in [7, 11) is 1.61. The first-order valence-electron chi connectivity index (χ1n) is 9.76. The quantitative estimate of drug-likeness (QED) is 0.701. The Hall–Kier alpha value is -2.60. The Morgan fingerprint density at radius 1 is 1.24 bits per heavy atom. The molecule has 0 radical (unpaired) electrons. The SMILES string of the molecule is COc1ccc(/C=C/C(=O)Nc2sc3c(c2C(N)=O)CCC(C(C)(C)C)C3)cc1. The monoisotopic (exact) mass is 412 g/mol. The second-order valence-electron chi connectivity index (χ2n) is 8.47. The maximum Gasteiger partial charge on any atom is 0.251 e. The minimum absolute atomic E-state index is 0.207. The number of rotatable bonds is 5. The van der Waals surface area contributed by atoms with E-state index >= 15 is 0 Å². The zero-order chi connectivity index (χ0) is 21.2. The van der Waals surface area contributed by atoms with Crippen LogP contribution in [0.15, 0.2) is 30.3 Å². The number of nitrogens with one attached hydrogen (secondary N) is 1. The number of hydrogen-bond donors (Lipinski definition) is 2. The second kappa shape index (κ2) is 8.41. The molecule has 1 aliphatic rings. The smallest absolute Gasteiger partial charge is 0.251 e. The number of fused-ring (bicyclic) bond motifs is 1. The van der Waals surface area contributed by atoms with Crippen LogP contribution in [-0.2, 0) is 17.6 Å². The van der Waals surface area contributed by atoms with E-state index in [-0.39, 0.29) is 11.3 Å². The van der Waals surface area contributed by atoms with Gasteiger partial charge in [-0.2, -0.15) is 0 Å². The summed E-state index contributed by atoms with van der Waals surface area (Å²) in [5, 5.41) is 3.42. The fourth-order valence-corrected chi connectivity index (χ4v) is 5.05. The van der Waals surface area contributed by atoms with Crippen molar-refractivity contribution in [3.63, 3.8) is 0 Å². The number of benzene rings is 1. The van der Waals surface area contributed by atoms with E-state index in [1.807, 2.05) is 24.3 Å². The average Bonchev–Trinajstić information content (AvgIpc) is 3.03. The average molecular weight is 413 g/mol. The molecule has 1 heterocycles. The van der Waals surface area contributed by atoms with E-state index < -0.39 is 5.91 Å². The Bertz CT molecular complexity index is 936. The summed E-state index contributed by atoms with van der Waals surface area (Å²) in [5.41, 5.74) is 8.24. The maximum absolute atomic E-state index is 12.5. The van der Waals surface area contributed by atoms with Gasteiger partial charge in [0.05, 0.1) is 12.7 Å². The number of carbonyl (C=O) groups is 2. The van der Waals surface area contributed by atoms with Gasteiger partial charge in [-0.1, -0.05) is 32.9 Å². The number of anilines is 1. The molecule has 1 aromatic carbocycles. The lowest BCUT2D eigenvalue weighted by atomic mass is 9.72. The summed E-state index contributed by atoms with van der Waals surface area (Å²) >= 11 is 1.48. The van der Waals surface area contributed by atoms with E-state index in [4.69, 9.17) is 10.5 Å². The number of amides is 2. The van der Waals surface area contributed by atoms with Crippen LogP contribution >= 0.6 is 11.3 Å². The normalized spacial score (nSPS) is 16.5. The number of methoxy groups -OCH3 is 1. The molecule has 3 N–H and O–H groups in total. The molecule has 0 aliphatic heterocycles. The van der Waals surface area contributed by atoms with Crippen molar-refractivity contribution in [1.29, 1.82) is 0 Å². The number of carbonyl (C=O) groups excluding carboxylic acids is 2. The summed E-state index contributed by atoms with van der Waals surface area (Å²) < 4.78 is 5.13. The van der Waals surface area contributed by atoms with Crippen LogP contribution in [-0.4, -0.2) is 18.9 Å². The minimum Gasteiger partial charge on any atom is -0.497 e. The van der Waals surface area contributed by atoms with Gasteiger partial charge in [0, 0.05) is 11.0 Å². The van der Waals surface area contributed by atoms with Crippen molar-refractivity contribution in [3.8, 4) is 5.75 Å². The minimum atomic E-state index is -0.480. The predicted molar refractivity (Wildman–Crippen MR) is 118 cm³/mol. The molecular weight excluding hydrogens is 384 g/mol. The molecule has 1 aliphatic carbocycles. The number of nitrogens with two attached hydrogens (primary N) is 1. The van der Waals surface area contributed by atoms with Gasteiger partial charge in [0.2, 0.25) is 5.91 Å². The first-order valence-corrected chi connectivity index (χ1v) is 10.6. The van der Waals surface area contributed by atoms with Crippen LogP contribution in [0.4, 0.5) is 5.00 Å². The van der Waals surface area contributed by atoms with Gasteiger partial charge in [0.25, 0.3) is 5.91 Å². The van der Waals surface area contributed by atoms with E-state index in [9.17, 15) is 9.59 Å². The van der Waals surface area contributed by atoms with Crippen LogP contribution < -0.4 is 15.8 Å². The molecule has 5 nitrogen and oxygen atoms in total. The van der Waals surface area contributed by atoms with Crippen molar-refractivity contribution in [2.24, 2.45) is 17.1 Å². The number of ether oxygens (including phenoxy) is 1. The lowest BCUT2D eigenvalue weighted by Gasteiger charge is -2.33. The third-order valence-corrected chi connectivity index (χ3v) is 6.69. The number of hydrogen-bond acceptors (Lipinski definition) is 4. The molecule has 0 saturated heterocycles. The van der Waals surface area contributed by atoms with Gasteiger partial charge in [-0.3, -0.25) is 9.59 Å². The first kappa shape index (κ1) is 21.1. The van der Waals surface area contributed by atoms with Gasteiger partial charge in [0.1, 0.15) is 10.8 Å². The molecule has 1 atom stereocenters. The van der Waals surface area contributed by atoms with Crippen molar-refractivity contribution >= 4 is 34.2 Å². The van der Waals surface area contributed by atoms with Crippen LogP contribution in [0.3, 0.4) is 0 Å². The third kappa shape index (κ3) is 4.88. The van der Waals surface area contributed by atoms with Gasteiger partial charge in [-0.25, -0.2) is 0 Å². The maximum atomic E-state index is 12.5. The fraction of sp³-hybridized carbons (Fsp3) is 0.391. The summed E-state index contributed by atoms with van der Waals surface area (Å²) in [4.78, 5) is 25.7. The van der Waals surface area contributed by atoms with Crippen molar-refractivity contribution in [1.82, 2.24) is 0 Å². The van der Waals surface area contributed by atoms with Gasteiger partial charge in [0.15, 0.2) is 0 Å².